The van der Waals surface area contributed by atoms with Gasteiger partial charge in [0.25, 0.3) is 0 Å². The molecule has 0 aliphatic heterocycles. The molecule has 0 spiro atoms. The number of hydrogen-bond acceptors (Lipinski definition) is 2. The Morgan fingerprint density at radius 1 is 1.31 bits per heavy atom. The molecule has 0 amide bonds. The van der Waals surface area contributed by atoms with Gasteiger partial charge in [0, 0.05) is 0 Å². The second kappa shape index (κ2) is 8.08. The molecule has 2 nitrogen and oxygen atoms in total. The van der Waals surface area contributed by atoms with Crippen LogP contribution in [-0.2, 0) is 0 Å². The van der Waals surface area contributed by atoms with Gasteiger partial charge >= 0.3 is 0 Å². The summed E-state index contributed by atoms with van der Waals surface area (Å²) >= 11 is 0. The summed E-state index contributed by atoms with van der Waals surface area (Å²) in [5.74, 6) is 1.80. The van der Waals surface area contributed by atoms with E-state index in [-0.39, 0.29) is 6.10 Å². The van der Waals surface area contributed by atoms with Gasteiger partial charge in [-0.2, -0.15) is 0 Å². The van der Waals surface area contributed by atoms with Crippen LogP contribution in [0.5, 0.6) is 0 Å². The Bertz CT molecular complexity index is 172. The third-order valence-corrected chi connectivity index (χ3v) is 4.06. The maximum atomic E-state index is 9.42. The predicted octanol–water partition coefficient (Wildman–Crippen LogP) is 2.95. The number of aliphatic hydroxyl groups is 1. The van der Waals surface area contributed by atoms with Gasteiger partial charge in [-0.15, -0.1) is 0 Å². The summed E-state index contributed by atoms with van der Waals surface area (Å²) in [6.07, 6.45) is 8.54. The third kappa shape index (κ3) is 5.31. The van der Waals surface area contributed by atoms with E-state index in [1.807, 2.05) is 6.92 Å². The molecule has 1 saturated carbocycles. The number of rotatable bonds is 7. The van der Waals surface area contributed by atoms with E-state index in [4.69, 9.17) is 0 Å². The van der Waals surface area contributed by atoms with Crippen molar-refractivity contribution >= 4 is 0 Å². The van der Waals surface area contributed by atoms with E-state index < -0.39 is 0 Å². The first-order valence-corrected chi connectivity index (χ1v) is 7.12. The van der Waals surface area contributed by atoms with E-state index in [2.05, 4.69) is 12.2 Å². The summed E-state index contributed by atoms with van der Waals surface area (Å²) in [5, 5.41) is 13.0. The zero-order valence-electron chi connectivity index (χ0n) is 11.0. The summed E-state index contributed by atoms with van der Waals surface area (Å²) in [7, 11) is 0. The quantitative estimate of drug-likeness (QED) is 0.655. The van der Waals surface area contributed by atoms with Crippen LogP contribution < -0.4 is 5.32 Å². The molecule has 0 heterocycles. The summed E-state index contributed by atoms with van der Waals surface area (Å²) in [5.41, 5.74) is 0. The van der Waals surface area contributed by atoms with Crippen LogP contribution in [0, 0.1) is 11.8 Å². The molecule has 1 aliphatic rings. The van der Waals surface area contributed by atoms with Crippen molar-refractivity contribution < 1.29 is 5.11 Å². The van der Waals surface area contributed by atoms with Crippen molar-refractivity contribution in [2.75, 3.05) is 13.1 Å². The van der Waals surface area contributed by atoms with Gasteiger partial charge in [0.1, 0.15) is 0 Å². The lowest BCUT2D eigenvalue weighted by Crippen LogP contribution is -2.30. The van der Waals surface area contributed by atoms with Gasteiger partial charge in [-0.1, -0.05) is 33.1 Å². The van der Waals surface area contributed by atoms with Crippen LogP contribution in [0.4, 0.5) is 0 Å². The molecule has 16 heavy (non-hydrogen) atoms. The van der Waals surface area contributed by atoms with Crippen molar-refractivity contribution in [1.82, 2.24) is 5.32 Å². The van der Waals surface area contributed by atoms with E-state index in [1.54, 1.807) is 0 Å². The summed E-state index contributed by atoms with van der Waals surface area (Å²) in [4.78, 5) is 0. The monoisotopic (exact) mass is 227 g/mol. The molecule has 0 aromatic carbocycles. The van der Waals surface area contributed by atoms with Crippen molar-refractivity contribution in [3.63, 3.8) is 0 Å². The maximum absolute atomic E-state index is 9.42. The van der Waals surface area contributed by atoms with E-state index in [9.17, 15) is 5.11 Å². The normalized spacial score (nSPS) is 27.9. The first-order valence-electron chi connectivity index (χ1n) is 7.12. The van der Waals surface area contributed by atoms with Crippen LogP contribution in [-0.4, -0.2) is 24.3 Å². The smallest absolute Gasteiger partial charge is 0.0538 e. The molecule has 3 unspecified atom stereocenters. The Morgan fingerprint density at radius 3 is 2.75 bits per heavy atom. The minimum absolute atomic E-state index is 0.0876. The number of nitrogens with one attached hydrogen (secondary N) is 1. The summed E-state index contributed by atoms with van der Waals surface area (Å²) in [6, 6.07) is 0. The van der Waals surface area contributed by atoms with Gasteiger partial charge in [-0.25, -0.2) is 0 Å². The molecule has 0 aromatic rings. The summed E-state index contributed by atoms with van der Waals surface area (Å²) in [6.45, 7) is 6.69. The maximum Gasteiger partial charge on any atom is 0.0538 e. The molecule has 3 atom stereocenters. The molecule has 0 bridgehead atoms. The Labute approximate surface area is 101 Å². The van der Waals surface area contributed by atoms with Gasteiger partial charge in [0.05, 0.1) is 6.10 Å². The lowest BCUT2D eigenvalue weighted by atomic mass is 9.80. The Morgan fingerprint density at radius 2 is 2.06 bits per heavy atom. The molecule has 0 radical (unpaired) electrons. The topological polar surface area (TPSA) is 32.3 Å². The second-order valence-electron chi connectivity index (χ2n) is 5.43. The van der Waals surface area contributed by atoms with E-state index in [0.717, 1.165) is 37.6 Å². The van der Waals surface area contributed by atoms with Gasteiger partial charge in [-0.3, -0.25) is 0 Å². The zero-order chi connectivity index (χ0) is 11.8. The Balaban J connectivity index is 1.97. The lowest BCUT2D eigenvalue weighted by molar-refractivity contribution is 0.157. The van der Waals surface area contributed by atoms with E-state index >= 15 is 0 Å². The number of hydrogen-bond donors (Lipinski definition) is 2. The van der Waals surface area contributed by atoms with Crippen molar-refractivity contribution in [2.24, 2.45) is 11.8 Å². The van der Waals surface area contributed by atoms with Crippen LogP contribution in [0.3, 0.4) is 0 Å². The Kier molecular flexibility index (Phi) is 7.06. The van der Waals surface area contributed by atoms with Crippen LogP contribution in [0.15, 0.2) is 0 Å². The molecule has 1 aliphatic carbocycles. The number of aliphatic hydroxyl groups excluding tert-OH is 1. The average Bonchev–Trinajstić information content (AvgIpc) is 2.30. The molecule has 1 rings (SSSR count). The molecule has 1 fully saturated rings. The van der Waals surface area contributed by atoms with E-state index in [0.29, 0.717) is 0 Å². The fraction of sp³-hybridized carbons (Fsp3) is 1.00. The largest absolute Gasteiger partial charge is 0.393 e. The molecule has 2 heteroatoms. The molecular formula is C14H29NO. The molecular weight excluding hydrogens is 198 g/mol. The van der Waals surface area contributed by atoms with Crippen LogP contribution in [0.25, 0.3) is 0 Å². The molecule has 0 aromatic heterocycles. The first kappa shape index (κ1) is 14.0. The highest BCUT2D eigenvalue weighted by Crippen LogP contribution is 2.28. The minimum atomic E-state index is -0.0876. The van der Waals surface area contributed by atoms with Crippen molar-refractivity contribution in [3.05, 3.63) is 0 Å². The minimum Gasteiger partial charge on any atom is -0.393 e. The highest BCUT2D eigenvalue weighted by molar-refractivity contribution is 4.74. The van der Waals surface area contributed by atoms with E-state index in [1.165, 1.54) is 32.2 Å². The van der Waals surface area contributed by atoms with Crippen molar-refractivity contribution in [3.8, 4) is 0 Å². The van der Waals surface area contributed by atoms with Crippen molar-refractivity contribution in [1.29, 1.82) is 0 Å². The lowest BCUT2D eigenvalue weighted by Gasteiger charge is -2.28. The highest BCUT2D eigenvalue weighted by atomic mass is 16.3. The van der Waals surface area contributed by atoms with Gasteiger partial charge < -0.3 is 10.4 Å². The first-order chi connectivity index (χ1) is 7.74. The fourth-order valence-corrected chi connectivity index (χ4v) is 2.65. The molecule has 2 N–H and O–H groups in total. The molecule has 96 valence electrons. The standard InChI is InChI=1S/C14H29NO/c1-3-14(16)9-6-10-15-11-13-8-5-4-7-12(13)2/h12-16H,3-11H2,1-2H3. The van der Waals surface area contributed by atoms with Gasteiger partial charge in [0.2, 0.25) is 0 Å². The predicted molar refractivity (Wildman–Crippen MR) is 69.5 cm³/mol. The highest BCUT2D eigenvalue weighted by Gasteiger charge is 2.20. The Hall–Kier alpha value is -0.0800. The van der Waals surface area contributed by atoms with Crippen LogP contribution >= 0.6 is 0 Å². The molecule has 0 saturated heterocycles. The average molecular weight is 227 g/mol. The second-order valence-corrected chi connectivity index (χ2v) is 5.43. The van der Waals surface area contributed by atoms with Crippen molar-refractivity contribution in [2.45, 2.75) is 64.9 Å². The fourth-order valence-electron chi connectivity index (χ4n) is 2.65. The third-order valence-electron chi connectivity index (χ3n) is 4.06. The summed E-state index contributed by atoms with van der Waals surface area (Å²) < 4.78 is 0. The van der Waals surface area contributed by atoms with Gasteiger partial charge in [-0.05, 0) is 50.6 Å². The van der Waals surface area contributed by atoms with Crippen LogP contribution in [0.2, 0.25) is 0 Å². The SMILES string of the molecule is CCC(O)CCCNCC1CCCCC1C. The van der Waals surface area contributed by atoms with Gasteiger partial charge in [0.15, 0.2) is 0 Å². The van der Waals surface area contributed by atoms with Crippen LogP contribution in [0.1, 0.15) is 58.8 Å². The zero-order valence-corrected chi connectivity index (χ0v) is 11.0.